The van der Waals surface area contributed by atoms with Crippen LogP contribution in [0.5, 0.6) is 0 Å². The van der Waals surface area contributed by atoms with E-state index < -0.39 is 0 Å². The summed E-state index contributed by atoms with van der Waals surface area (Å²) < 4.78 is 5.31. The van der Waals surface area contributed by atoms with Gasteiger partial charge in [0.15, 0.2) is 5.82 Å². The molecule has 6 heteroatoms. The Morgan fingerprint density at radius 2 is 2.09 bits per heavy atom. The standard InChI is InChI=1S/C17H31N5O/c1-13(2)17-19-16(20-23-17)12-21(3)15-6-9-22(11-15)10-14-4-7-18-8-5-14/h13-15,18H,4-12H2,1-3H3. The minimum atomic E-state index is 0.300. The van der Waals surface area contributed by atoms with E-state index in [1.165, 1.54) is 52.0 Å². The van der Waals surface area contributed by atoms with E-state index in [0.29, 0.717) is 12.0 Å². The van der Waals surface area contributed by atoms with Crippen LogP contribution < -0.4 is 5.32 Å². The van der Waals surface area contributed by atoms with Crippen molar-refractivity contribution in [1.82, 2.24) is 25.3 Å². The zero-order valence-corrected chi connectivity index (χ0v) is 14.8. The quantitative estimate of drug-likeness (QED) is 0.861. The maximum atomic E-state index is 5.31. The van der Waals surface area contributed by atoms with Gasteiger partial charge >= 0.3 is 0 Å². The van der Waals surface area contributed by atoms with Crippen LogP contribution in [0.1, 0.15) is 50.7 Å². The predicted octanol–water partition coefficient (Wildman–Crippen LogP) is 1.70. The van der Waals surface area contributed by atoms with Gasteiger partial charge in [-0.1, -0.05) is 19.0 Å². The van der Waals surface area contributed by atoms with Crippen molar-refractivity contribution in [2.45, 2.75) is 51.6 Å². The third-order valence-corrected chi connectivity index (χ3v) is 5.21. The third-order valence-electron chi connectivity index (χ3n) is 5.21. The molecule has 3 heterocycles. The van der Waals surface area contributed by atoms with E-state index in [1.54, 1.807) is 0 Å². The lowest BCUT2D eigenvalue weighted by Gasteiger charge is -2.28. The van der Waals surface area contributed by atoms with E-state index in [4.69, 9.17) is 4.52 Å². The lowest BCUT2D eigenvalue weighted by Crippen LogP contribution is -2.38. The first-order valence-electron chi connectivity index (χ1n) is 9.07. The first-order chi connectivity index (χ1) is 11.1. The smallest absolute Gasteiger partial charge is 0.229 e. The Labute approximate surface area is 139 Å². The van der Waals surface area contributed by atoms with Gasteiger partial charge in [-0.2, -0.15) is 4.98 Å². The molecule has 0 aliphatic carbocycles. The Balaban J connectivity index is 1.45. The van der Waals surface area contributed by atoms with Crippen LogP contribution in [0.15, 0.2) is 4.52 Å². The Morgan fingerprint density at radius 3 is 2.78 bits per heavy atom. The van der Waals surface area contributed by atoms with Gasteiger partial charge in [0.1, 0.15) is 0 Å². The van der Waals surface area contributed by atoms with Crippen LogP contribution in [-0.4, -0.2) is 65.8 Å². The molecule has 1 aromatic rings. The topological polar surface area (TPSA) is 57.4 Å². The fraction of sp³-hybridized carbons (Fsp3) is 0.882. The SMILES string of the molecule is CC(C)c1nc(CN(C)C2CCN(CC3CCNCC3)C2)no1. The number of hydrogen-bond donors (Lipinski definition) is 1. The minimum absolute atomic E-state index is 0.300. The first-order valence-corrected chi connectivity index (χ1v) is 9.07. The van der Waals surface area contributed by atoms with Gasteiger partial charge < -0.3 is 14.7 Å². The molecule has 3 rings (SSSR count). The van der Waals surface area contributed by atoms with E-state index in [1.807, 2.05) is 0 Å². The summed E-state index contributed by atoms with van der Waals surface area (Å²) in [6.45, 7) is 11.0. The molecule has 0 radical (unpaired) electrons. The van der Waals surface area contributed by atoms with Crippen LogP contribution in [0.4, 0.5) is 0 Å². The molecule has 0 bridgehead atoms. The highest BCUT2D eigenvalue weighted by Gasteiger charge is 2.28. The minimum Gasteiger partial charge on any atom is -0.339 e. The van der Waals surface area contributed by atoms with Gasteiger partial charge in [-0.25, -0.2) is 0 Å². The van der Waals surface area contributed by atoms with E-state index in [-0.39, 0.29) is 0 Å². The summed E-state index contributed by atoms with van der Waals surface area (Å²) in [5.74, 6) is 2.74. The highest BCUT2D eigenvalue weighted by molar-refractivity contribution is 4.92. The third kappa shape index (κ3) is 4.52. The maximum Gasteiger partial charge on any atom is 0.229 e. The van der Waals surface area contributed by atoms with Crippen LogP contribution in [0.3, 0.4) is 0 Å². The van der Waals surface area contributed by atoms with Gasteiger partial charge in [0, 0.05) is 25.0 Å². The van der Waals surface area contributed by atoms with Gasteiger partial charge in [0.25, 0.3) is 0 Å². The molecule has 130 valence electrons. The summed E-state index contributed by atoms with van der Waals surface area (Å²) in [5, 5.41) is 7.57. The van der Waals surface area contributed by atoms with Crippen molar-refractivity contribution in [1.29, 1.82) is 0 Å². The average Bonchev–Trinajstić information content (AvgIpc) is 3.18. The average molecular weight is 321 g/mol. The molecule has 0 saturated carbocycles. The fourth-order valence-electron chi connectivity index (χ4n) is 3.69. The van der Waals surface area contributed by atoms with Crippen molar-refractivity contribution < 1.29 is 4.52 Å². The van der Waals surface area contributed by atoms with Crippen molar-refractivity contribution >= 4 is 0 Å². The van der Waals surface area contributed by atoms with E-state index >= 15 is 0 Å². The summed E-state index contributed by atoms with van der Waals surface area (Å²) in [5.41, 5.74) is 0. The largest absolute Gasteiger partial charge is 0.339 e. The van der Waals surface area contributed by atoms with Crippen molar-refractivity contribution in [2.75, 3.05) is 39.8 Å². The van der Waals surface area contributed by atoms with E-state index in [0.717, 1.165) is 24.2 Å². The predicted molar refractivity (Wildman–Crippen MR) is 90.3 cm³/mol. The number of hydrogen-bond acceptors (Lipinski definition) is 6. The summed E-state index contributed by atoms with van der Waals surface area (Å²) in [4.78, 5) is 9.53. The van der Waals surface area contributed by atoms with Crippen molar-refractivity contribution in [3.05, 3.63) is 11.7 Å². The van der Waals surface area contributed by atoms with Gasteiger partial charge in [-0.15, -0.1) is 0 Å². The van der Waals surface area contributed by atoms with Crippen LogP contribution in [0.25, 0.3) is 0 Å². The van der Waals surface area contributed by atoms with Crippen molar-refractivity contribution in [2.24, 2.45) is 5.92 Å². The highest BCUT2D eigenvalue weighted by atomic mass is 16.5. The lowest BCUT2D eigenvalue weighted by molar-refractivity contribution is 0.197. The maximum absolute atomic E-state index is 5.31. The van der Waals surface area contributed by atoms with Gasteiger partial charge in [0.2, 0.25) is 5.89 Å². The molecule has 6 nitrogen and oxygen atoms in total. The number of likely N-dealkylation sites (tertiary alicyclic amines) is 1. The van der Waals surface area contributed by atoms with Crippen molar-refractivity contribution in [3.63, 3.8) is 0 Å². The molecule has 23 heavy (non-hydrogen) atoms. The van der Waals surface area contributed by atoms with Crippen LogP contribution in [0.2, 0.25) is 0 Å². The van der Waals surface area contributed by atoms with E-state index in [9.17, 15) is 0 Å². The summed E-state index contributed by atoms with van der Waals surface area (Å²) in [7, 11) is 2.18. The molecule has 1 N–H and O–H groups in total. The van der Waals surface area contributed by atoms with Crippen molar-refractivity contribution in [3.8, 4) is 0 Å². The summed E-state index contributed by atoms with van der Waals surface area (Å²) >= 11 is 0. The summed E-state index contributed by atoms with van der Waals surface area (Å²) in [6.07, 6.45) is 3.91. The normalized spacial score (nSPS) is 24.1. The molecule has 0 aromatic carbocycles. The number of piperidine rings is 1. The Hall–Kier alpha value is -0.980. The second kappa shape index (κ2) is 7.73. The second-order valence-corrected chi connectivity index (χ2v) is 7.51. The molecule has 2 saturated heterocycles. The molecule has 2 aliphatic heterocycles. The van der Waals surface area contributed by atoms with Crippen LogP contribution in [-0.2, 0) is 6.54 Å². The number of likely N-dealkylation sites (N-methyl/N-ethyl adjacent to an activating group) is 1. The highest BCUT2D eigenvalue weighted by Crippen LogP contribution is 2.21. The zero-order chi connectivity index (χ0) is 16.2. The Bertz CT molecular complexity index is 483. The summed E-state index contributed by atoms with van der Waals surface area (Å²) in [6, 6.07) is 0.609. The molecule has 1 atom stereocenters. The fourth-order valence-corrected chi connectivity index (χ4v) is 3.69. The molecule has 1 unspecified atom stereocenters. The molecule has 2 aliphatic rings. The Morgan fingerprint density at radius 1 is 1.30 bits per heavy atom. The molecule has 1 aromatic heterocycles. The number of nitrogens with zero attached hydrogens (tertiary/aromatic N) is 4. The van der Waals surface area contributed by atoms with Gasteiger partial charge in [-0.05, 0) is 51.9 Å². The van der Waals surface area contributed by atoms with Crippen LogP contribution >= 0.6 is 0 Å². The number of aromatic nitrogens is 2. The number of rotatable bonds is 6. The monoisotopic (exact) mass is 321 g/mol. The van der Waals surface area contributed by atoms with Gasteiger partial charge in [0.05, 0.1) is 6.54 Å². The first kappa shape index (κ1) is 16.9. The van der Waals surface area contributed by atoms with Gasteiger partial charge in [-0.3, -0.25) is 4.90 Å². The van der Waals surface area contributed by atoms with Crippen LogP contribution in [0, 0.1) is 5.92 Å². The lowest BCUT2D eigenvalue weighted by atomic mass is 9.98. The molecule has 2 fully saturated rings. The Kier molecular flexibility index (Phi) is 5.67. The zero-order valence-electron chi connectivity index (χ0n) is 14.8. The molecular weight excluding hydrogens is 290 g/mol. The van der Waals surface area contributed by atoms with E-state index in [2.05, 4.69) is 46.2 Å². The number of nitrogens with one attached hydrogen (secondary N) is 1. The molecule has 0 amide bonds. The second-order valence-electron chi connectivity index (χ2n) is 7.51. The molecular formula is C17H31N5O. The molecule has 0 spiro atoms.